The maximum absolute atomic E-state index is 12.1. The number of aryl methyl sites for hydroxylation is 1. The molecule has 3 atom stereocenters. The van der Waals surface area contributed by atoms with Crippen molar-refractivity contribution in [2.75, 3.05) is 6.61 Å². The fraction of sp³-hybridized carbons (Fsp3) is 0.562. The Kier molecular flexibility index (Phi) is 4.54. The van der Waals surface area contributed by atoms with E-state index in [1.807, 2.05) is 18.2 Å². The molecule has 0 unspecified atom stereocenters. The molecule has 1 aromatic rings. The quantitative estimate of drug-likeness (QED) is 0.803. The van der Waals surface area contributed by atoms with Gasteiger partial charge in [0.1, 0.15) is 5.78 Å². The summed E-state index contributed by atoms with van der Waals surface area (Å²) in [4.78, 5) is 12.1. The van der Waals surface area contributed by atoms with Gasteiger partial charge >= 0.3 is 0 Å². The molecule has 0 bridgehead atoms. The Labute approximate surface area is 109 Å². The summed E-state index contributed by atoms with van der Waals surface area (Å²) in [6, 6.07) is 10.1. The average Bonchev–Trinajstić information content (AvgIpc) is 3.11. The Bertz CT molecular complexity index is 385. The number of carbonyl (C=O) groups is 1. The Morgan fingerprint density at radius 1 is 1.22 bits per heavy atom. The molecule has 2 nitrogen and oxygen atoms in total. The van der Waals surface area contributed by atoms with E-state index in [4.69, 9.17) is 0 Å². The lowest BCUT2D eigenvalue weighted by Gasteiger charge is -2.01. The first-order chi connectivity index (χ1) is 8.77. The monoisotopic (exact) mass is 246 g/mol. The average molecular weight is 246 g/mol. The maximum Gasteiger partial charge on any atom is 0.136 e. The highest BCUT2D eigenvalue weighted by molar-refractivity contribution is 5.84. The molecule has 1 aromatic carbocycles. The van der Waals surface area contributed by atoms with Crippen molar-refractivity contribution >= 4 is 5.78 Å². The Hall–Kier alpha value is -1.15. The van der Waals surface area contributed by atoms with Crippen LogP contribution in [0.15, 0.2) is 30.3 Å². The van der Waals surface area contributed by atoms with E-state index in [2.05, 4.69) is 19.1 Å². The molecule has 1 aliphatic rings. The number of rotatable bonds is 7. The zero-order valence-electron chi connectivity index (χ0n) is 11.0. The molecule has 0 aliphatic heterocycles. The third-order valence-electron chi connectivity index (χ3n) is 4.04. The minimum atomic E-state index is 0.138. The van der Waals surface area contributed by atoms with Crippen LogP contribution in [-0.2, 0) is 11.2 Å². The van der Waals surface area contributed by atoms with E-state index >= 15 is 0 Å². The summed E-state index contributed by atoms with van der Waals surface area (Å²) in [5, 5.41) is 9.26. The molecule has 2 heteroatoms. The van der Waals surface area contributed by atoms with Gasteiger partial charge in [-0.1, -0.05) is 43.7 Å². The van der Waals surface area contributed by atoms with Crippen LogP contribution in [0.5, 0.6) is 0 Å². The molecule has 18 heavy (non-hydrogen) atoms. The van der Waals surface area contributed by atoms with Crippen LogP contribution in [0.2, 0.25) is 0 Å². The van der Waals surface area contributed by atoms with Crippen LogP contribution in [-0.4, -0.2) is 17.5 Å². The van der Waals surface area contributed by atoms with E-state index in [1.165, 1.54) is 5.56 Å². The molecule has 0 saturated heterocycles. The minimum absolute atomic E-state index is 0.138. The smallest absolute Gasteiger partial charge is 0.136 e. The van der Waals surface area contributed by atoms with E-state index in [0.29, 0.717) is 18.1 Å². The summed E-state index contributed by atoms with van der Waals surface area (Å²) < 4.78 is 0. The lowest BCUT2D eigenvalue weighted by atomic mass is 10.0. The molecular weight excluding hydrogens is 224 g/mol. The number of carbonyl (C=O) groups excluding carboxylic acids is 1. The van der Waals surface area contributed by atoms with E-state index in [1.54, 1.807) is 0 Å². The van der Waals surface area contributed by atoms with E-state index < -0.39 is 0 Å². The highest BCUT2D eigenvalue weighted by Gasteiger charge is 2.52. The summed E-state index contributed by atoms with van der Waals surface area (Å²) in [7, 11) is 0. The van der Waals surface area contributed by atoms with E-state index in [9.17, 15) is 9.90 Å². The fourth-order valence-electron chi connectivity index (χ4n) is 2.98. The Morgan fingerprint density at radius 2 is 1.94 bits per heavy atom. The van der Waals surface area contributed by atoms with Crippen LogP contribution < -0.4 is 0 Å². The van der Waals surface area contributed by atoms with Crippen molar-refractivity contribution in [1.29, 1.82) is 0 Å². The molecule has 0 spiro atoms. The molecule has 0 radical (unpaired) electrons. The molecule has 1 fully saturated rings. The summed E-state index contributed by atoms with van der Waals surface area (Å²) in [5.74, 6) is 1.17. The van der Waals surface area contributed by atoms with Crippen molar-refractivity contribution < 1.29 is 9.90 Å². The first kappa shape index (κ1) is 13.3. The normalized spacial score (nSPS) is 26.0. The van der Waals surface area contributed by atoms with Crippen LogP contribution >= 0.6 is 0 Å². The molecule has 0 heterocycles. The lowest BCUT2D eigenvalue weighted by molar-refractivity contribution is -0.120. The highest BCUT2D eigenvalue weighted by atomic mass is 16.3. The first-order valence-electron chi connectivity index (χ1n) is 6.95. The fourth-order valence-corrected chi connectivity index (χ4v) is 2.98. The molecule has 1 aliphatic carbocycles. The number of hydrogen-bond donors (Lipinski definition) is 1. The van der Waals surface area contributed by atoms with Crippen molar-refractivity contribution in [3.8, 4) is 0 Å². The molecule has 98 valence electrons. The minimum Gasteiger partial charge on any atom is -0.396 e. The van der Waals surface area contributed by atoms with Gasteiger partial charge in [0, 0.05) is 18.9 Å². The predicted molar refractivity (Wildman–Crippen MR) is 72.2 cm³/mol. The molecule has 1 N–H and O–H groups in total. The second-order valence-electron chi connectivity index (χ2n) is 5.28. The number of hydrogen-bond acceptors (Lipinski definition) is 2. The third kappa shape index (κ3) is 2.99. The largest absolute Gasteiger partial charge is 0.396 e. The second kappa shape index (κ2) is 6.14. The van der Waals surface area contributed by atoms with Gasteiger partial charge in [0.05, 0.1) is 0 Å². The SMILES string of the molecule is CCC[C@@H]1[C@@H](CO)[C@H]1C(=O)CCc1ccccc1. The Balaban J connectivity index is 1.82. The van der Waals surface area contributed by atoms with Crippen LogP contribution in [0.25, 0.3) is 0 Å². The number of Topliss-reactive ketones (excluding diaryl/α,β-unsaturated/α-hetero) is 1. The van der Waals surface area contributed by atoms with Crippen molar-refractivity contribution in [3.05, 3.63) is 35.9 Å². The standard InChI is InChI=1S/C16H22O2/c1-2-6-13-14(11-17)16(13)15(18)10-9-12-7-4-3-5-8-12/h3-5,7-8,13-14,16-17H,2,6,9-11H2,1H3/t13-,14-,16+/m1/s1. The van der Waals surface area contributed by atoms with Crippen LogP contribution in [0.3, 0.4) is 0 Å². The van der Waals surface area contributed by atoms with Gasteiger partial charge in [0.25, 0.3) is 0 Å². The van der Waals surface area contributed by atoms with E-state index in [0.717, 1.165) is 19.3 Å². The zero-order valence-corrected chi connectivity index (χ0v) is 11.0. The van der Waals surface area contributed by atoms with Gasteiger partial charge in [-0.05, 0) is 30.2 Å². The third-order valence-corrected chi connectivity index (χ3v) is 4.04. The maximum atomic E-state index is 12.1. The van der Waals surface area contributed by atoms with Gasteiger partial charge in [-0.3, -0.25) is 4.79 Å². The van der Waals surface area contributed by atoms with Gasteiger partial charge in [-0.25, -0.2) is 0 Å². The number of aliphatic hydroxyl groups excluding tert-OH is 1. The van der Waals surface area contributed by atoms with Crippen LogP contribution in [0.1, 0.15) is 31.7 Å². The predicted octanol–water partition coefficient (Wildman–Crippen LogP) is 2.84. The molecule has 1 saturated carbocycles. The highest BCUT2D eigenvalue weighted by Crippen LogP contribution is 2.50. The van der Waals surface area contributed by atoms with Gasteiger partial charge in [0.15, 0.2) is 0 Å². The van der Waals surface area contributed by atoms with Crippen LogP contribution in [0, 0.1) is 17.8 Å². The number of aliphatic hydroxyl groups is 1. The van der Waals surface area contributed by atoms with Gasteiger partial charge in [0.2, 0.25) is 0 Å². The van der Waals surface area contributed by atoms with Crippen molar-refractivity contribution in [2.24, 2.45) is 17.8 Å². The zero-order chi connectivity index (χ0) is 13.0. The first-order valence-corrected chi connectivity index (χ1v) is 6.95. The van der Waals surface area contributed by atoms with Crippen molar-refractivity contribution in [2.45, 2.75) is 32.6 Å². The lowest BCUT2D eigenvalue weighted by Crippen LogP contribution is -2.06. The number of benzene rings is 1. The summed E-state index contributed by atoms with van der Waals surface area (Å²) in [5.41, 5.74) is 1.22. The van der Waals surface area contributed by atoms with Gasteiger partial charge in [-0.15, -0.1) is 0 Å². The summed E-state index contributed by atoms with van der Waals surface area (Å²) in [6.45, 7) is 2.31. The molecule has 0 aromatic heterocycles. The molecule has 2 rings (SSSR count). The van der Waals surface area contributed by atoms with Gasteiger partial charge < -0.3 is 5.11 Å². The van der Waals surface area contributed by atoms with Gasteiger partial charge in [-0.2, -0.15) is 0 Å². The number of ketones is 1. The topological polar surface area (TPSA) is 37.3 Å². The van der Waals surface area contributed by atoms with Crippen molar-refractivity contribution in [1.82, 2.24) is 0 Å². The molecule has 0 amide bonds. The molecular formula is C16H22O2. The van der Waals surface area contributed by atoms with Crippen molar-refractivity contribution in [3.63, 3.8) is 0 Å². The summed E-state index contributed by atoms with van der Waals surface area (Å²) in [6.07, 6.45) is 3.62. The summed E-state index contributed by atoms with van der Waals surface area (Å²) >= 11 is 0. The van der Waals surface area contributed by atoms with Crippen LogP contribution in [0.4, 0.5) is 0 Å². The van der Waals surface area contributed by atoms with E-state index in [-0.39, 0.29) is 18.4 Å². The Morgan fingerprint density at radius 3 is 2.56 bits per heavy atom. The second-order valence-corrected chi connectivity index (χ2v) is 5.28.